The normalized spacial score (nSPS) is 27.0. The molecule has 21 heavy (non-hydrogen) atoms. The second-order valence-electron chi connectivity index (χ2n) is 6.44. The summed E-state index contributed by atoms with van der Waals surface area (Å²) in [6.07, 6.45) is 5.06. The maximum atomic E-state index is 12.4. The molecule has 0 spiro atoms. The number of hydrogen-bond acceptors (Lipinski definition) is 5. The van der Waals surface area contributed by atoms with Crippen molar-refractivity contribution in [1.82, 2.24) is 10.2 Å². The summed E-state index contributed by atoms with van der Waals surface area (Å²) in [6.45, 7) is 7.81. The molecule has 124 valence electrons. The van der Waals surface area contributed by atoms with Gasteiger partial charge in [0.05, 0.1) is 0 Å². The van der Waals surface area contributed by atoms with Crippen LogP contribution < -0.4 is 5.32 Å². The minimum Gasteiger partial charge on any atom is -0.316 e. The van der Waals surface area contributed by atoms with Gasteiger partial charge in [-0.25, -0.2) is 8.42 Å². The molecule has 6 heteroatoms. The molecule has 1 unspecified atom stereocenters. The molecule has 0 aromatic carbocycles. The van der Waals surface area contributed by atoms with Crippen LogP contribution in [0.4, 0.5) is 0 Å². The summed E-state index contributed by atoms with van der Waals surface area (Å²) >= 11 is 1.79. The third kappa shape index (κ3) is 4.36. The monoisotopic (exact) mass is 334 g/mol. The number of rotatable bonds is 7. The summed E-state index contributed by atoms with van der Waals surface area (Å²) in [5.41, 5.74) is 0.291. The first-order chi connectivity index (χ1) is 10.0. The zero-order chi connectivity index (χ0) is 15.3. The fraction of sp³-hybridized carbons (Fsp3) is 1.00. The summed E-state index contributed by atoms with van der Waals surface area (Å²) in [6, 6.07) is 0. The van der Waals surface area contributed by atoms with Gasteiger partial charge in [-0.2, -0.15) is 11.8 Å². The molecular weight excluding hydrogens is 304 g/mol. The van der Waals surface area contributed by atoms with Crippen molar-refractivity contribution in [3.8, 4) is 0 Å². The summed E-state index contributed by atoms with van der Waals surface area (Å²) in [7, 11) is -2.97. The molecule has 0 amide bonds. The summed E-state index contributed by atoms with van der Waals surface area (Å²) in [5, 5.41) is 3.24. The van der Waals surface area contributed by atoms with Crippen LogP contribution in [0, 0.1) is 5.41 Å². The number of sulfone groups is 1. The average Bonchev–Trinajstić information content (AvgIpc) is 2.94. The van der Waals surface area contributed by atoms with Crippen LogP contribution in [0.2, 0.25) is 0 Å². The van der Waals surface area contributed by atoms with Crippen molar-refractivity contribution in [2.24, 2.45) is 5.41 Å². The van der Waals surface area contributed by atoms with Gasteiger partial charge in [-0.3, -0.25) is 4.90 Å². The predicted octanol–water partition coefficient (Wildman–Crippen LogP) is 1.97. The first-order valence-electron chi connectivity index (χ1n) is 8.27. The van der Waals surface area contributed by atoms with Gasteiger partial charge in [0.25, 0.3) is 0 Å². The Bertz CT molecular complexity index is 419. The number of nitrogens with one attached hydrogen (secondary N) is 1. The molecule has 1 N–H and O–H groups in total. The lowest BCUT2D eigenvalue weighted by molar-refractivity contribution is 0.146. The van der Waals surface area contributed by atoms with Gasteiger partial charge in [-0.05, 0) is 24.8 Å². The van der Waals surface area contributed by atoms with Crippen molar-refractivity contribution >= 4 is 21.6 Å². The van der Waals surface area contributed by atoms with Crippen LogP contribution in [0.3, 0.4) is 0 Å². The molecule has 0 radical (unpaired) electrons. The number of hydrogen-bond donors (Lipinski definition) is 1. The van der Waals surface area contributed by atoms with Crippen molar-refractivity contribution in [1.29, 1.82) is 0 Å². The van der Waals surface area contributed by atoms with Crippen molar-refractivity contribution in [3.05, 3.63) is 0 Å². The van der Waals surface area contributed by atoms with E-state index in [9.17, 15) is 8.42 Å². The van der Waals surface area contributed by atoms with E-state index in [-0.39, 0.29) is 11.1 Å². The first-order valence-corrected chi connectivity index (χ1v) is 11.1. The third-order valence-electron chi connectivity index (χ3n) is 4.96. The number of thioether (sulfide) groups is 1. The van der Waals surface area contributed by atoms with Crippen molar-refractivity contribution in [2.75, 3.05) is 43.4 Å². The molecule has 1 aliphatic heterocycles. The SMILES string of the molecule is CCNCC1(CN2CCSCC2S(=O)(=O)CC)CCCC1. The predicted molar refractivity (Wildman–Crippen MR) is 91.6 cm³/mol. The quantitative estimate of drug-likeness (QED) is 0.771. The second-order valence-corrected chi connectivity index (χ2v) is 10.0. The fourth-order valence-electron chi connectivity index (χ4n) is 3.66. The molecule has 2 aliphatic rings. The Labute approximate surface area is 134 Å². The van der Waals surface area contributed by atoms with Crippen LogP contribution in [-0.2, 0) is 9.84 Å². The standard InChI is InChI=1S/C15H30N2O2S2/c1-3-16-12-15(7-5-6-8-15)13-17-9-10-20-11-14(17)21(18,19)4-2/h14,16H,3-13H2,1-2H3. The Balaban J connectivity index is 2.10. The van der Waals surface area contributed by atoms with E-state index in [1.54, 1.807) is 18.7 Å². The highest BCUT2D eigenvalue weighted by Gasteiger charge is 2.40. The first kappa shape index (κ1) is 17.6. The van der Waals surface area contributed by atoms with Crippen molar-refractivity contribution in [2.45, 2.75) is 44.9 Å². The van der Waals surface area contributed by atoms with Gasteiger partial charge in [0, 0.05) is 36.9 Å². The Morgan fingerprint density at radius 1 is 1.29 bits per heavy atom. The van der Waals surface area contributed by atoms with E-state index in [1.165, 1.54) is 25.7 Å². The minimum absolute atomic E-state index is 0.259. The molecular formula is C15H30N2O2S2. The second kappa shape index (κ2) is 7.66. The van der Waals surface area contributed by atoms with Crippen LogP contribution >= 0.6 is 11.8 Å². The van der Waals surface area contributed by atoms with Gasteiger partial charge in [0.15, 0.2) is 9.84 Å². The third-order valence-corrected chi connectivity index (χ3v) is 8.29. The summed E-state index contributed by atoms with van der Waals surface area (Å²) < 4.78 is 24.8. The largest absolute Gasteiger partial charge is 0.316 e. The van der Waals surface area contributed by atoms with Crippen LogP contribution in [-0.4, -0.2) is 62.1 Å². The van der Waals surface area contributed by atoms with Crippen molar-refractivity contribution in [3.63, 3.8) is 0 Å². The minimum atomic E-state index is -2.97. The van der Waals surface area contributed by atoms with E-state index >= 15 is 0 Å². The van der Waals surface area contributed by atoms with Gasteiger partial charge in [0.2, 0.25) is 0 Å². The smallest absolute Gasteiger partial charge is 0.166 e. The summed E-state index contributed by atoms with van der Waals surface area (Å²) in [5.74, 6) is 2.06. The topological polar surface area (TPSA) is 49.4 Å². The Kier molecular flexibility index (Phi) is 6.41. The van der Waals surface area contributed by atoms with E-state index in [2.05, 4.69) is 17.1 Å². The van der Waals surface area contributed by atoms with E-state index in [4.69, 9.17) is 0 Å². The van der Waals surface area contributed by atoms with Gasteiger partial charge >= 0.3 is 0 Å². The zero-order valence-electron chi connectivity index (χ0n) is 13.4. The Morgan fingerprint density at radius 2 is 2.00 bits per heavy atom. The Hall–Kier alpha value is 0.220. The molecule has 2 fully saturated rings. The van der Waals surface area contributed by atoms with Crippen LogP contribution in [0.15, 0.2) is 0 Å². The molecule has 4 nitrogen and oxygen atoms in total. The molecule has 1 saturated heterocycles. The highest BCUT2D eigenvalue weighted by atomic mass is 32.2. The van der Waals surface area contributed by atoms with E-state index in [0.717, 1.165) is 37.7 Å². The van der Waals surface area contributed by atoms with Crippen LogP contribution in [0.25, 0.3) is 0 Å². The van der Waals surface area contributed by atoms with Gasteiger partial charge < -0.3 is 5.32 Å². The maximum Gasteiger partial charge on any atom is 0.166 e. The summed E-state index contributed by atoms with van der Waals surface area (Å²) in [4.78, 5) is 2.28. The zero-order valence-corrected chi connectivity index (χ0v) is 15.1. The lowest BCUT2D eigenvalue weighted by Crippen LogP contribution is -2.53. The lowest BCUT2D eigenvalue weighted by Gasteiger charge is -2.41. The fourth-order valence-corrected chi connectivity index (χ4v) is 6.74. The molecule has 0 aromatic rings. The Morgan fingerprint density at radius 3 is 2.62 bits per heavy atom. The maximum absolute atomic E-state index is 12.4. The van der Waals surface area contributed by atoms with Gasteiger partial charge in [-0.15, -0.1) is 0 Å². The van der Waals surface area contributed by atoms with Gasteiger partial charge in [-0.1, -0.05) is 26.7 Å². The van der Waals surface area contributed by atoms with E-state index in [0.29, 0.717) is 5.41 Å². The average molecular weight is 335 g/mol. The van der Waals surface area contributed by atoms with Crippen LogP contribution in [0.1, 0.15) is 39.5 Å². The molecule has 1 atom stereocenters. The van der Waals surface area contributed by atoms with Gasteiger partial charge in [0.1, 0.15) is 5.37 Å². The molecule has 1 heterocycles. The lowest BCUT2D eigenvalue weighted by atomic mass is 9.85. The van der Waals surface area contributed by atoms with E-state index < -0.39 is 9.84 Å². The highest BCUT2D eigenvalue weighted by molar-refractivity contribution is 8.01. The number of nitrogens with zero attached hydrogens (tertiary/aromatic N) is 1. The highest BCUT2D eigenvalue weighted by Crippen LogP contribution is 2.39. The molecule has 1 saturated carbocycles. The molecule has 0 bridgehead atoms. The molecule has 1 aliphatic carbocycles. The van der Waals surface area contributed by atoms with Crippen molar-refractivity contribution < 1.29 is 8.42 Å². The molecule has 0 aromatic heterocycles. The molecule has 2 rings (SSSR count). The van der Waals surface area contributed by atoms with Crippen LogP contribution in [0.5, 0.6) is 0 Å². The van der Waals surface area contributed by atoms with E-state index in [1.807, 2.05) is 0 Å².